The molecule has 2 rings (SSSR count). The Bertz CT molecular complexity index is 561. The predicted octanol–water partition coefficient (Wildman–Crippen LogP) is 4.48. The fourth-order valence-electron chi connectivity index (χ4n) is 1.72. The monoisotopic (exact) mass is 305 g/mol. The first kappa shape index (κ1) is 15.9. The number of nitrogens with one attached hydrogen (secondary N) is 1. The van der Waals surface area contributed by atoms with Crippen molar-refractivity contribution >= 4 is 17.6 Å². The molecule has 0 saturated carbocycles. The van der Waals surface area contributed by atoms with E-state index in [0.29, 0.717) is 0 Å². The van der Waals surface area contributed by atoms with Gasteiger partial charge in [0.2, 0.25) is 0 Å². The van der Waals surface area contributed by atoms with Crippen molar-refractivity contribution < 1.29 is 4.42 Å². The number of hydrogen-bond acceptors (Lipinski definition) is 5. The lowest BCUT2D eigenvalue weighted by molar-refractivity contribution is 0.529. The van der Waals surface area contributed by atoms with Crippen molar-refractivity contribution in [2.24, 2.45) is 0 Å². The molecule has 0 aromatic carbocycles. The van der Waals surface area contributed by atoms with E-state index in [9.17, 15) is 0 Å². The zero-order valence-corrected chi connectivity index (χ0v) is 14.0. The summed E-state index contributed by atoms with van der Waals surface area (Å²) >= 11 is 1.67. The quantitative estimate of drug-likeness (QED) is 0.630. The number of rotatable bonds is 6. The van der Waals surface area contributed by atoms with E-state index in [4.69, 9.17) is 4.42 Å². The summed E-state index contributed by atoms with van der Waals surface area (Å²) in [5, 5.41) is 4.33. The minimum atomic E-state index is -0.0656. The summed E-state index contributed by atoms with van der Waals surface area (Å²) in [6, 6.07) is 5.90. The number of anilines is 1. The maximum atomic E-state index is 5.37. The zero-order chi connectivity index (χ0) is 15.3. The van der Waals surface area contributed by atoms with Gasteiger partial charge in [-0.1, -0.05) is 39.5 Å². The molecule has 2 heterocycles. The second-order valence-corrected chi connectivity index (χ2v) is 6.96. The first-order valence-corrected chi connectivity index (χ1v) is 8.26. The van der Waals surface area contributed by atoms with Crippen molar-refractivity contribution in [3.8, 4) is 0 Å². The Morgan fingerprint density at radius 3 is 2.71 bits per heavy atom. The predicted molar refractivity (Wildman–Crippen MR) is 87.8 cm³/mol. The molecule has 2 aromatic rings. The van der Waals surface area contributed by atoms with Crippen LogP contribution in [0.1, 0.15) is 45.7 Å². The van der Waals surface area contributed by atoms with E-state index >= 15 is 0 Å². The third-order valence-corrected chi connectivity index (χ3v) is 3.81. The number of nitrogens with zero attached hydrogens (tertiary/aromatic N) is 2. The molecule has 4 nitrogen and oxygen atoms in total. The molecule has 0 unspecified atom stereocenters. The Morgan fingerprint density at radius 2 is 2.10 bits per heavy atom. The molecular formula is C16H23N3OS. The van der Waals surface area contributed by atoms with Crippen LogP contribution in [0, 0.1) is 0 Å². The van der Waals surface area contributed by atoms with Crippen LogP contribution >= 0.6 is 11.8 Å². The molecule has 0 atom stereocenters. The molecule has 0 aliphatic carbocycles. The molecule has 0 spiro atoms. The van der Waals surface area contributed by atoms with Crippen molar-refractivity contribution in [3.05, 3.63) is 36.0 Å². The highest BCUT2D eigenvalue weighted by atomic mass is 32.2. The van der Waals surface area contributed by atoms with Gasteiger partial charge in [0.05, 0.1) is 12.0 Å². The van der Waals surface area contributed by atoms with Gasteiger partial charge in [-0.2, -0.15) is 0 Å². The van der Waals surface area contributed by atoms with E-state index in [1.54, 1.807) is 18.0 Å². The molecule has 0 aliphatic heterocycles. The number of furan rings is 1. The second kappa shape index (κ2) is 6.98. The summed E-state index contributed by atoms with van der Waals surface area (Å²) in [5.41, 5.74) is -0.0656. The van der Waals surface area contributed by atoms with Gasteiger partial charge in [-0.05, 0) is 18.6 Å². The van der Waals surface area contributed by atoms with Gasteiger partial charge in [0.1, 0.15) is 22.4 Å². The summed E-state index contributed by atoms with van der Waals surface area (Å²) in [7, 11) is 0. The van der Waals surface area contributed by atoms with Crippen molar-refractivity contribution in [1.29, 1.82) is 0 Å². The zero-order valence-electron chi connectivity index (χ0n) is 13.1. The second-order valence-electron chi connectivity index (χ2n) is 5.96. The van der Waals surface area contributed by atoms with Crippen LogP contribution in [-0.4, -0.2) is 16.5 Å². The van der Waals surface area contributed by atoms with Crippen LogP contribution in [0.15, 0.2) is 33.9 Å². The highest BCUT2D eigenvalue weighted by Gasteiger charge is 2.19. The van der Waals surface area contributed by atoms with Crippen molar-refractivity contribution in [2.45, 2.75) is 50.3 Å². The summed E-state index contributed by atoms with van der Waals surface area (Å²) in [6.07, 6.45) is 2.77. The largest absolute Gasteiger partial charge is 0.468 e. The van der Waals surface area contributed by atoms with E-state index in [1.807, 2.05) is 18.2 Å². The van der Waals surface area contributed by atoms with Crippen LogP contribution in [-0.2, 0) is 11.2 Å². The van der Waals surface area contributed by atoms with Crippen LogP contribution in [0.2, 0.25) is 0 Å². The lowest BCUT2D eigenvalue weighted by Gasteiger charge is -2.18. The van der Waals surface area contributed by atoms with E-state index in [2.05, 4.69) is 43.0 Å². The van der Waals surface area contributed by atoms with Gasteiger partial charge in [0.25, 0.3) is 0 Å². The number of thioether (sulfide) groups is 1. The van der Waals surface area contributed by atoms with E-state index in [-0.39, 0.29) is 5.41 Å². The van der Waals surface area contributed by atoms with Crippen LogP contribution in [0.5, 0.6) is 0 Å². The molecule has 21 heavy (non-hydrogen) atoms. The van der Waals surface area contributed by atoms with Crippen LogP contribution in [0.4, 0.5) is 5.82 Å². The molecular weight excluding hydrogens is 282 g/mol. The topological polar surface area (TPSA) is 51.0 Å². The fourth-order valence-corrected chi connectivity index (χ4v) is 2.52. The maximum absolute atomic E-state index is 5.37. The third-order valence-electron chi connectivity index (χ3n) is 2.87. The van der Waals surface area contributed by atoms with Gasteiger partial charge in [-0.3, -0.25) is 0 Å². The van der Waals surface area contributed by atoms with Gasteiger partial charge >= 0.3 is 0 Å². The highest BCUT2D eigenvalue weighted by Crippen LogP contribution is 2.27. The average Bonchev–Trinajstić information content (AvgIpc) is 2.95. The van der Waals surface area contributed by atoms with E-state index < -0.39 is 0 Å². The lowest BCUT2D eigenvalue weighted by Crippen LogP contribution is -2.17. The number of aromatic nitrogens is 2. The molecule has 0 fully saturated rings. The standard InChI is InChI=1S/C16H23N3OS/c1-5-8-17-13-10-14(19-15(18-13)16(2,3)4)21-11-12-7-6-9-20-12/h6-7,9-10H,5,8,11H2,1-4H3,(H,17,18,19). The third kappa shape index (κ3) is 4.77. The molecule has 5 heteroatoms. The highest BCUT2D eigenvalue weighted by molar-refractivity contribution is 7.98. The van der Waals surface area contributed by atoms with Crippen molar-refractivity contribution in [3.63, 3.8) is 0 Å². The van der Waals surface area contributed by atoms with Crippen molar-refractivity contribution in [2.75, 3.05) is 11.9 Å². The summed E-state index contributed by atoms with van der Waals surface area (Å²) in [6.45, 7) is 9.46. The maximum Gasteiger partial charge on any atom is 0.137 e. The Balaban J connectivity index is 2.17. The average molecular weight is 305 g/mol. The normalized spacial score (nSPS) is 11.6. The van der Waals surface area contributed by atoms with Gasteiger partial charge in [-0.25, -0.2) is 9.97 Å². The Labute approximate surface area is 130 Å². The summed E-state index contributed by atoms with van der Waals surface area (Å²) < 4.78 is 5.37. The Hall–Kier alpha value is -1.49. The van der Waals surface area contributed by atoms with Gasteiger partial charge in [0.15, 0.2) is 0 Å². The molecule has 0 saturated heterocycles. The smallest absolute Gasteiger partial charge is 0.137 e. The first-order valence-electron chi connectivity index (χ1n) is 7.27. The van der Waals surface area contributed by atoms with E-state index in [0.717, 1.165) is 41.1 Å². The summed E-state index contributed by atoms with van der Waals surface area (Å²) in [4.78, 5) is 9.31. The fraction of sp³-hybridized carbons (Fsp3) is 0.500. The molecule has 0 amide bonds. The van der Waals surface area contributed by atoms with Crippen LogP contribution in [0.25, 0.3) is 0 Å². The Morgan fingerprint density at radius 1 is 1.29 bits per heavy atom. The van der Waals surface area contributed by atoms with Gasteiger partial charge in [0, 0.05) is 18.0 Å². The van der Waals surface area contributed by atoms with Gasteiger partial charge < -0.3 is 9.73 Å². The Kier molecular flexibility index (Phi) is 5.28. The van der Waals surface area contributed by atoms with E-state index in [1.165, 1.54) is 0 Å². The van der Waals surface area contributed by atoms with Crippen LogP contribution < -0.4 is 5.32 Å². The van der Waals surface area contributed by atoms with Crippen molar-refractivity contribution in [1.82, 2.24) is 9.97 Å². The molecule has 0 radical (unpaired) electrons. The van der Waals surface area contributed by atoms with Crippen LogP contribution in [0.3, 0.4) is 0 Å². The molecule has 2 aromatic heterocycles. The lowest BCUT2D eigenvalue weighted by atomic mass is 9.96. The SMILES string of the molecule is CCCNc1cc(SCc2ccco2)nc(C(C)(C)C)n1. The molecule has 114 valence electrons. The minimum absolute atomic E-state index is 0.0656. The first-order chi connectivity index (χ1) is 9.99. The minimum Gasteiger partial charge on any atom is -0.468 e. The molecule has 1 N–H and O–H groups in total. The molecule has 0 aliphatic rings. The van der Waals surface area contributed by atoms with Gasteiger partial charge in [-0.15, -0.1) is 0 Å². The summed E-state index contributed by atoms with van der Waals surface area (Å²) in [5.74, 6) is 3.50. The number of hydrogen-bond donors (Lipinski definition) is 1. The molecule has 0 bridgehead atoms.